The minimum absolute atomic E-state index is 0.0760. The number of hydrogen-bond donors (Lipinski definition) is 4. The predicted octanol–water partition coefficient (Wildman–Crippen LogP) is 1.60. The maximum atomic E-state index is 10.4. The van der Waals surface area contributed by atoms with E-state index in [0.717, 1.165) is 12.0 Å². The third kappa shape index (κ3) is 3.91. The standard InChI is InChI=1S/C17H26O5/c1-3-11(8-15(21)10(2)18)17-14(20)7-5-12-4-6-13(19)9-16(12)22-17/h4,6,9-11,14-15,17-21H,3,5,7-8H2,1-2H3. The van der Waals surface area contributed by atoms with Crippen LogP contribution in [0.1, 0.15) is 38.7 Å². The lowest BCUT2D eigenvalue weighted by Gasteiger charge is -2.31. The van der Waals surface area contributed by atoms with Gasteiger partial charge in [0.05, 0.1) is 18.3 Å². The summed E-state index contributed by atoms with van der Waals surface area (Å²) in [5, 5.41) is 39.5. The van der Waals surface area contributed by atoms with Crippen LogP contribution < -0.4 is 4.74 Å². The maximum absolute atomic E-state index is 10.4. The molecule has 2 rings (SSSR count). The largest absolute Gasteiger partial charge is 0.508 e. The summed E-state index contributed by atoms with van der Waals surface area (Å²) in [6, 6.07) is 4.99. The van der Waals surface area contributed by atoms with Crippen molar-refractivity contribution in [1.82, 2.24) is 0 Å². The highest BCUT2D eigenvalue weighted by atomic mass is 16.5. The Bertz CT molecular complexity index is 488. The van der Waals surface area contributed by atoms with Crippen molar-refractivity contribution >= 4 is 0 Å². The summed E-state index contributed by atoms with van der Waals surface area (Å²) < 4.78 is 5.98. The molecule has 1 heterocycles. The average Bonchev–Trinajstić information content (AvgIpc) is 2.63. The summed E-state index contributed by atoms with van der Waals surface area (Å²) in [7, 11) is 0. The first-order valence-electron chi connectivity index (χ1n) is 7.95. The van der Waals surface area contributed by atoms with Gasteiger partial charge in [0, 0.05) is 12.0 Å². The molecule has 0 aliphatic carbocycles. The molecule has 4 N–H and O–H groups in total. The molecule has 0 fully saturated rings. The summed E-state index contributed by atoms with van der Waals surface area (Å²) in [4.78, 5) is 0. The molecule has 1 aromatic rings. The quantitative estimate of drug-likeness (QED) is 0.663. The first-order chi connectivity index (χ1) is 10.4. The molecule has 5 heteroatoms. The van der Waals surface area contributed by atoms with Gasteiger partial charge in [-0.2, -0.15) is 0 Å². The van der Waals surface area contributed by atoms with Crippen molar-refractivity contribution in [3.05, 3.63) is 23.8 Å². The molecule has 0 spiro atoms. The van der Waals surface area contributed by atoms with Crippen LogP contribution in [0.25, 0.3) is 0 Å². The zero-order valence-electron chi connectivity index (χ0n) is 13.1. The average molecular weight is 310 g/mol. The number of aryl methyl sites for hydroxylation is 1. The molecular weight excluding hydrogens is 284 g/mol. The highest BCUT2D eigenvalue weighted by Crippen LogP contribution is 2.34. The Morgan fingerprint density at radius 3 is 2.68 bits per heavy atom. The van der Waals surface area contributed by atoms with Gasteiger partial charge < -0.3 is 25.2 Å². The van der Waals surface area contributed by atoms with Gasteiger partial charge in [-0.1, -0.05) is 13.0 Å². The second-order valence-corrected chi connectivity index (χ2v) is 6.19. The molecule has 0 saturated carbocycles. The number of rotatable bonds is 5. The molecule has 5 nitrogen and oxygen atoms in total. The van der Waals surface area contributed by atoms with Crippen LogP contribution in [0.3, 0.4) is 0 Å². The van der Waals surface area contributed by atoms with Crippen LogP contribution in [0, 0.1) is 5.92 Å². The first kappa shape index (κ1) is 17.1. The fraction of sp³-hybridized carbons (Fsp3) is 0.647. The zero-order chi connectivity index (χ0) is 16.3. The van der Waals surface area contributed by atoms with E-state index in [1.807, 2.05) is 13.0 Å². The van der Waals surface area contributed by atoms with E-state index in [4.69, 9.17) is 4.74 Å². The van der Waals surface area contributed by atoms with Gasteiger partial charge in [0.2, 0.25) is 0 Å². The van der Waals surface area contributed by atoms with Gasteiger partial charge >= 0.3 is 0 Å². The van der Waals surface area contributed by atoms with Crippen LogP contribution in [0.4, 0.5) is 0 Å². The SMILES string of the molecule is CCC(CC(O)C(C)O)C1Oc2cc(O)ccc2CCC1O. The number of ether oxygens (including phenoxy) is 1. The van der Waals surface area contributed by atoms with E-state index in [0.29, 0.717) is 25.0 Å². The second-order valence-electron chi connectivity index (χ2n) is 6.19. The van der Waals surface area contributed by atoms with Crippen LogP contribution in [-0.4, -0.2) is 44.8 Å². The molecule has 0 radical (unpaired) electrons. The minimum Gasteiger partial charge on any atom is -0.508 e. The number of phenolic OH excluding ortho intramolecular Hbond substituents is 1. The van der Waals surface area contributed by atoms with Crippen LogP contribution in [0.5, 0.6) is 11.5 Å². The Kier molecular flexibility index (Phi) is 5.67. The van der Waals surface area contributed by atoms with Crippen molar-refractivity contribution in [1.29, 1.82) is 0 Å². The molecular formula is C17H26O5. The number of hydrogen-bond acceptors (Lipinski definition) is 5. The molecule has 0 saturated heterocycles. The van der Waals surface area contributed by atoms with Gasteiger partial charge in [-0.3, -0.25) is 0 Å². The molecule has 0 amide bonds. The monoisotopic (exact) mass is 310 g/mol. The summed E-state index contributed by atoms with van der Waals surface area (Å²) in [5.41, 5.74) is 0.963. The number of aliphatic hydroxyl groups is 3. The lowest BCUT2D eigenvalue weighted by Crippen LogP contribution is -2.40. The Hall–Kier alpha value is -1.30. The van der Waals surface area contributed by atoms with Crippen LogP contribution >= 0.6 is 0 Å². The maximum Gasteiger partial charge on any atom is 0.127 e. The lowest BCUT2D eigenvalue weighted by atomic mass is 9.87. The van der Waals surface area contributed by atoms with E-state index >= 15 is 0 Å². The Labute approximate surface area is 131 Å². The van der Waals surface area contributed by atoms with Crippen molar-refractivity contribution in [3.8, 4) is 11.5 Å². The fourth-order valence-electron chi connectivity index (χ4n) is 3.00. The molecule has 0 aromatic heterocycles. The summed E-state index contributed by atoms with van der Waals surface area (Å²) in [6.45, 7) is 3.53. The smallest absolute Gasteiger partial charge is 0.127 e. The molecule has 0 bridgehead atoms. The van der Waals surface area contributed by atoms with Gasteiger partial charge in [0.15, 0.2) is 0 Å². The van der Waals surface area contributed by atoms with Crippen LogP contribution in [0.2, 0.25) is 0 Å². The highest BCUT2D eigenvalue weighted by molar-refractivity contribution is 5.41. The number of aliphatic hydroxyl groups excluding tert-OH is 3. The van der Waals surface area contributed by atoms with Gasteiger partial charge in [-0.25, -0.2) is 0 Å². The van der Waals surface area contributed by atoms with Crippen molar-refractivity contribution in [3.63, 3.8) is 0 Å². The van der Waals surface area contributed by atoms with E-state index in [9.17, 15) is 20.4 Å². The molecule has 22 heavy (non-hydrogen) atoms. The third-order valence-corrected chi connectivity index (χ3v) is 4.49. The van der Waals surface area contributed by atoms with E-state index in [2.05, 4.69) is 0 Å². The van der Waals surface area contributed by atoms with Crippen molar-refractivity contribution in [2.45, 2.75) is 63.9 Å². The van der Waals surface area contributed by atoms with E-state index in [1.54, 1.807) is 19.1 Å². The van der Waals surface area contributed by atoms with Crippen molar-refractivity contribution in [2.24, 2.45) is 5.92 Å². The van der Waals surface area contributed by atoms with Crippen LogP contribution in [0.15, 0.2) is 18.2 Å². The number of aromatic hydroxyl groups is 1. The molecule has 5 unspecified atom stereocenters. The van der Waals surface area contributed by atoms with Gasteiger partial charge in [-0.05, 0) is 44.2 Å². The third-order valence-electron chi connectivity index (χ3n) is 4.49. The summed E-state index contributed by atoms with van der Waals surface area (Å²) in [5.74, 6) is 0.644. The first-order valence-corrected chi connectivity index (χ1v) is 7.95. The van der Waals surface area contributed by atoms with Gasteiger partial charge in [-0.15, -0.1) is 0 Å². The highest BCUT2D eigenvalue weighted by Gasteiger charge is 2.34. The minimum atomic E-state index is -0.840. The van der Waals surface area contributed by atoms with Crippen molar-refractivity contribution < 1.29 is 25.2 Å². The van der Waals surface area contributed by atoms with E-state index < -0.39 is 24.4 Å². The normalized spacial score (nSPS) is 25.5. The number of benzene rings is 1. The molecule has 124 valence electrons. The molecule has 1 aliphatic heterocycles. The Balaban J connectivity index is 2.20. The second kappa shape index (κ2) is 7.31. The van der Waals surface area contributed by atoms with Gasteiger partial charge in [0.1, 0.15) is 17.6 Å². The molecule has 5 atom stereocenters. The van der Waals surface area contributed by atoms with Crippen LogP contribution in [-0.2, 0) is 6.42 Å². The Morgan fingerprint density at radius 2 is 2.05 bits per heavy atom. The van der Waals surface area contributed by atoms with Gasteiger partial charge in [0.25, 0.3) is 0 Å². The number of fused-ring (bicyclic) bond motifs is 1. The summed E-state index contributed by atoms with van der Waals surface area (Å²) in [6.07, 6.45) is -0.404. The predicted molar refractivity (Wildman–Crippen MR) is 82.9 cm³/mol. The fourth-order valence-corrected chi connectivity index (χ4v) is 3.00. The van der Waals surface area contributed by atoms with E-state index in [1.165, 1.54) is 0 Å². The lowest BCUT2D eigenvalue weighted by molar-refractivity contribution is -0.0353. The van der Waals surface area contributed by atoms with E-state index in [-0.39, 0.29) is 11.7 Å². The van der Waals surface area contributed by atoms with Crippen molar-refractivity contribution in [2.75, 3.05) is 0 Å². The summed E-state index contributed by atoms with van der Waals surface area (Å²) >= 11 is 0. The molecule has 1 aliphatic rings. The zero-order valence-corrected chi connectivity index (χ0v) is 13.1. The molecule has 1 aromatic carbocycles. The Morgan fingerprint density at radius 1 is 1.32 bits per heavy atom. The topological polar surface area (TPSA) is 90.2 Å². The number of phenols is 1.